The smallest absolute Gasteiger partial charge is 0.0726 e. The Balaban J connectivity index is 2.61. The number of hydrogen-bond donors (Lipinski definition) is 0. The summed E-state index contributed by atoms with van der Waals surface area (Å²) in [4.78, 5) is 4.78. The third-order valence-electron chi connectivity index (χ3n) is 3.58. The van der Waals surface area contributed by atoms with Crippen molar-refractivity contribution in [3.8, 4) is 0 Å². The van der Waals surface area contributed by atoms with Crippen LogP contribution >= 0.6 is 11.6 Å². The van der Waals surface area contributed by atoms with Crippen molar-refractivity contribution >= 4 is 22.9 Å². The lowest BCUT2D eigenvalue weighted by Gasteiger charge is -2.14. The summed E-state index contributed by atoms with van der Waals surface area (Å²) in [6, 6.07) is 14.2. The van der Waals surface area contributed by atoms with Gasteiger partial charge in [-0.1, -0.05) is 60.7 Å². The number of allylic oxidation sites excluding steroid dienone is 1. The first-order valence-electron chi connectivity index (χ1n) is 7.60. The fourth-order valence-corrected chi connectivity index (χ4v) is 2.73. The van der Waals surface area contributed by atoms with Gasteiger partial charge in [-0.3, -0.25) is 4.99 Å². The third kappa shape index (κ3) is 4.20. The molecule has 2 rings (SSSR count). The third-order valence-corrected chi connectivity index (χ3v) is 3.90. The van der Waals surface area contributed by atoms with E-state index in [2.05, 4.69) is 38.3 Å². The van der Waals surface area contributed by atoms with Gasteiger partial charge in [0.15, 0.2) is 0 Å². The molecule has 0 aliphatic rings. The van der Waals surface area contributed by atoms with E-state index >= 15 is 0 Å². The van der Waals surface area contributed by atoms with Crippen molar-refractivity contribution in [1.29, 1.82) is 0 Å². The Bertz CT molecular complexity index is 770. The molecule has 1 nitrogen and oxygen atoms in total. The molecule has 0 aliphatic heterocycles. The van der Waals surface area contributed by atoms with E-state index < -0.39 is 0 Å². The van der Waals surface area contributed by atoms with Crippen LogP contribution in [-0.4, -0.2) is 12.3 Å². The second-order valence-electron chi connectivity index (χ2n) is 5.92. The van der Waals surface area contributed by atoms with E-state index in [0.29, 0.717) is 11.6 Å². The van der Waals surface area contributed by atoms with E-state index in [4.69, 9.17) is 16.6 Å². The average molecular weight is 324 g/mol. The maximum atomic E-state index is 6.46. The number of halogens is 1. The molecular weight excluding hydrogens is 302 g/mol. The molecule has 23 heavy (non-hydrogen) atoms. The molecule has 2 aromatic carbocycles. The molecular formula is C21H22ClN. The van der Waals surface area contributed by atoms with Gasteiger partial charge < -0.3 is 0 Å². The summed E-state index contributed by atoms with van der Waals surface area (Å²) in [6.07, 6.45) is 0. The summed E-state index contributed by atoms with van der Waals surface area (Å²) >= 11 is 6.46. The quantitative estimate of drug-likeness (QED) is 0.466. The molecule has 0 aromatic heterocycles. The van der Waals surface area contributed by atoms with Gasteiger partial charge in [0.05, 0.1) is 12.3 Å². The van der Waals surface area contributed by atoms with E-state index in [1.54, 1.807) is 0 Å². The van der Waals surface area contributed by atoms with Crippen LogP contribution in [-0.2, 0) is 0 Å². The highest BCUT2D eigenvalue weighted by Crippen LogP contribution is 2.28. The molecule has 0 heterocycles. The Hall–Kier alpha value is -2.12. The van der Waals surface area contributed by atoms with Crippen LogP contribution in [0.1, 0.15) is 36.1 Å². The zero-order chi connectivity index (χ0) is 17.0. The van der Waals surface area contributed by atoms with Crippen molar-refractivity contribution in [1.82, 2.24) is 0 Å². The van der Waals surface area contributed by atoms with Gasteiger partial charge in [-0.15, -0.1) is 0 Å². The van der Waals surface area contributed by atoms with Crippen LogP contribution in [0.15, 0.2) is 66.2 Å². The predicted octanol–water partition coefficient (Wildman–Crippen LogP) is 6.10. The molecule has 2 heteroatoms. The van der Waals surface area contributed by atoms with Crippen molar-refractivity contribution < 1.29 is 0 Å². The van der Waals surface area contributed by atoms with E-state index in [-0.39, 0.29) is 0 Å². The minimum atomic E-state index is 0.601. The molecule has 0 N–H and O–H groups in total. The Kier molecular flexibility index (Phi) is 5.57. The molecule has 0 aliphatic carbocycles. The normalized spacial score (nSPS) is 11.4. The molecule has 0 bridgehead atoms. The summed E-state index contributed by atoms with van der Waals surface area (Å²) in [5.74, 6) is 0. The Morgan fingerprint density at radius 2 is 1.70 bits per heavy atom. The summed E-state index contributed by atoms with van der Waals surface area (Å²) in [5, 5.41) is 0.706. The van der Waals surface area contributed by atoms with Crippen LogP contribution in [0.4, 0.5) is 0 Å². The highest BCUT2D eigenvalue weighted by atomic mass is 35.5. The monoisotopic (exact) mass is 323 g/mol. The van der Waals surface area contributed by atoms with Gasteiger partial charge in [0.2, 0.25) is 0 Å². The second kappa shape index (κ2) is 7.43. The molecule has 0 saturated heterocycles. The van der Waals surface area contributed by atoms with E-state index in [1.807, 2.05) is 38.1 Å². The summed E-state index contributed by atoms with van der Waals surface area (Å²) in [5.41, 5.74) is 7.19. The molecule has 118 valence electrons. The van der Waals surface area contributed by atoms with Crippen molar-refractivity contribution in [2.45, 2.75) is 20.8 Å². The van der Waals surface area contributed by atoms with E-state index in [0.717, 1.165) is 39.1 Å². The number of rotatable bonds is 5. The lowest BCUT2D eigenvalue weighted by atomic mass is 9.95. The van der Waals surface area contributed by atoms with Crippen LogP contribution in [0.3, 0.4) is 0 Å². The van der Waals surface area contributed by atoms with Crippen LogP contribution in [0.5, 0.6) is 0 Å². The Morgan fingerprint density at radius 1 is 1.04 bits per heavy atom. The van der Waals surface area contributed by atoms with Crippen LogP contribution in [0, 0.1) is 6.92 Å². The van der Waals surface area contributed by atoms with Gasteiger partial charge >= 0.3 is 0 Å². The van der Waals surface area contributed by atoms with Crippen LogP contribution in [0.2, 0.25) is 5.02 Å². The molecule has 0 amide bonds. The maximum absolute atomic E-state index is 6.46. The maximum Gasteiger partial charge on any atom is 0.0726 e. The molecule has 2 aromatic rings. The van der Waals surface area contributed by atoms with E-state index in [1.165, 1.54) is 0 Å². The van der Waals surface area contributed by atoms with Crippen molar-refractivity contribution in [3.63, 3.8) is 0 Å². The van der Waals surface area contributed by atoms with Gasteiger partial charge in [0.25, 0.3) is 0 Å². The summed E-state index contributed by atoms with van der Waals surface area (Å²) in [7, 11) is 0. The van der Waals surface area contributed by atoms with Crippen molar-refractivity contribution in [3.05, 3.63) is 88.5 Å². The SMILES string of the molecule is C=C(C)CN=C(c1ccccc1)c1cc(Cl)c(C(=C)C)cc1C. The first-order valence-corrected chi connectivity index (χ1v) is 7.98. The zero-order valence-corrected chi connectivity index (χ0v) is 14.7. The largest absolute Gasteiger partial charge is 0.280 e. The number of hydrogen-bond acceptors (Lipinski definition) is 1. The minimum Gasteiger partial charge on any atom is -0.280 e. The van der Waals surface area contributed by atoms with Gasteiger partial charge in [0, 0.05) is 16.1 Å². The van der Waals surface area contributed by atoms with Crippen molar-refractivity contribution in [2.75, 3.05) is 6.54 Å². The van der Waals surface area contributed by atoms with Gasteiger partial charge in [-0.25, -0.2) is 0 Å². The Morgan fingerprint density at radius 3 is 2.26 bits per heavy atom. The zero-order valence-electron chi connectivity index (χ0n) is 14.0. The number of aliphatic imine (C=N–C) groups is 1. The fraction of sp³-hybridized carbons (Fsp3) is 0.190. The standard InChI is InChI=1S/C21H22ClN/c1-14(2)13-23-21(17-9-7-6-8-10-17)19-12-20(22)18(15(3)4)11-16(19)5/h6-12H,1,3,13H2,2,4-5H3. The summed E-state index contributed by atoms with van der Waals surface area (Å²) in [6.45, 7) is 14.6. The molecule has 0 saturated carbocycles. The van der Waals surface area contributed by atoms with Gasteiger partial charge in [-0.2, -0.15) is 0 Å². The van der Waals surface area contributed by atoms with E-state index in [9.17, 15) is 0 Å². The number of nitrogens with zero attached hydrogens (tertiary/aromatic N) is 1. The Labute approximate surface area is 144 Å². The summed E-state index contributed by atoms with van der Waals surface area (Å²) < 4.78 is 0. The minimum absolute atomic E-state index is 0.601. The predicted molar refractivity (Wildman–Crippen MR) is 103 cm³/mol. The first kappa shape index (κ1) is 17.2. The van der Waals surface area contributed by atoms with Gasteiger partial charge in [0.1, 0.15) is 0 Å². The lowest BCUT2D eigenvalue weighted by molar-refractivity contribution is 1.14. The number of benzene rings is 2. The second-order valence-corrected chi connectivity index (χ2v) is 6.32. The van der Waals surface area contributed by atoms with Gasteiger partial charge in [-0.05, 0) is 49.6 Å². The van der Waals surface area contributed by atoms with Crippen LogP contribution < -0.4 is 0 Å². The number of aryl methyl sites for hydroxylation is 1. The molecule has 0 unspecified atom stereocenters. The molecule has 0 atom stereocenters. The highest BCUT2D eigenvalue weighted by Gasteiger charge is 2.13. The molecule has 0 spiro atoms. The van der Waals surface area contributed by atoms with Crippen LogP contribution in [0.25, 0.3) is 5.57 Å². The lowest BCUT2D eigenvalue weighted by Crippen LogP contribution is -2.08. The highest BCUT2D eigenvalue weighted by molar-refractivity contribution is 6.33. The average Bonchev–Trinajstić information content (AvgIpc) is 2.51. The molecule has 0 fully saturated rings. The molecule has 0 radical (unpaired) electrons. The fourth-order valence-electron chi connectivity index (χ4n) is 2.41. The topological polar surface area (TPSA) is 12.4 Å². The first-order chi connectivity index (χ1) is 10.9. The van der Waals surface area contributed by atoms with Crippen molar-refractivity contribution in [2.24, 2.45) is 4.99 Å².